The SMILES string of the molecule is Cn1ccc2c(=O)n(CC3(O)CCN(C(=O)[C@@H]4CCN(C(=O)[C@@H]5C[C@H]5c5ccccc5)C[C@H]4c4ccccc4)CC3)cnc21. The standard InChI is InChI=1S/C35H39N5O4/c1-37-16-12-27-31(37)36-23-40(33(27)42)22-35(44)14-18-38(19-15-35)32(41)26-13-17-39(21-30(26)25-10-6-3-7-11-25)34(43)29-20-28(29)24-8-4-2-5-9-24/h2-12,16,23,26,28-30,44H,13-15,17-22H2,1H3/t26-,28+,29-,30+/m1/s1. The average Bonchev–Trinajstić information content (AvgIpc) is 3.77. The van der Waals surface area contributed by atoms with Crippen molar-refractivity contribution in [2.45, 2.75) is 49.7 Å². The monoisotopic (exact) mass is 593 g/mol. The zero-order chi connectivity index (χ0) is 30.4. The molecule has 44 heavy (non-hydrogen) atoms. The predicted molar refractivity (Wildman–Crippen MR) is 167 cm³/mol. The predicted octanol–water partition coefficient (Wildman–Crippen LogP) is 3.52. The molecule has 0 spiro atoms. The van der Waals surface area contributed by atoms with E-state index in [9.17, 15) is 19.5 Å². The van der Waals surface area contributed by atoms with Crippen LogP contribution < -0.4 is 5.56 Å². The summed E-state index contributed by atoms with van der Waals surface area (Å²) in [5, 5.41) is 12.0. The molecular formula is C35H39N5O4. The summed E-state index contributed by atoms with van der Waals surface area (Å²) in [6.07, 6.45) is 5.57. The number of aromatic nitrogens is 3. The second-order valence-electron chi connectivity index (χ2n) is 12.9. The molecule has 9 heteroatoms. The molecule has 2 aromatic heterocycles. The van der Waals surface area contributed by atoms with Crippen molar-refractivity contribution in [1.82, 2.24) is 23.9 Å². The Kier molecular flexibility index (Phi) is 7.36. The minimum absolute atomic E-state index is 0.0196. The van der Waals surface area contributed by atoms with Crippen molar-refractivity contribution in [1.29, 1.82) is 0 Å². The lowest BCUT2D eigenvalue weighted by atomic mass is 9.79. The molecular weight excluding hydrogens is 554 g/mol. The first-order chi connectivity index (χ1) is 21.3. The number of nitrogens with zero attached hydrogens (tertiary/aromatic N) is 5. The van der Waals surface area contributed by atoms with E-state index in [0.29, 0.717) is 56.5 Å². The van der Waals surface area contributed by atoms with Crippen molar-refractivity contribution in [3.8, 4) is 0 Å². The Hall–Kier alpha value is -4.24. The molecule has 2 amide bonds. The zero-order valence-electron chi connectivity index (χ0n) is 25.1. The van der Waals surface area contributed by atoms with Gasteiger partial charge in [-0.3, -0.25) is 19.0 Å². The van der Waals surface area contributed by atoms with E-state index in [2.05, 4.69) is 29.2 Å². The summed E-state index contributed by atoms with van der Waals surface area (Å²) >= 11 is 0. The highest BCUT2D eigenvalue weighted by atomic mass is 16.3. The number of piperidine rings is 2. The third kappa shape index (κ3) is 5.34. The van der Waals surface area contributed by atoms with E-state index in [0.717, 1.165) is 12.0 Å². The van der Waals surface area contributed by atoms with Crippen LogP contribution >= 0.6 is 0 Å². The Bertz CT molecular complexity index is 1720. The number of benzene rings is 2. The van der Waals surface area contributed by atoms with Gasteiger partial charge in [-0.05, 0) is 48.8 Å². The number of aliphatic hydroxyl groups is 1. The van der Waals surface area contributed by atoms with Gasteiger partial charge in [0.15, 0.2) is 0 Å². The van der Waals surface area contributed by atoms with Crippen molar-refractivity contribution < 1.29 is 14.7 Å². The van der Waals surface area contributed by atoms with Gasteiger partial charge in [0.1, 0.15) is 12.0 Å². The van der Waals surface area contributed by atoms with Crippen LogP contribution in [0.15, 0.2) is 84.0 Å². The zero-order valence-corrected chi connectivity index (χ0v) is 25.1. The van der Waals surface area contributed by atoms with Gasteiger partial charge in [-0.15, -0.1) is 0 Å². The number of hydrogen-bond acceptors (Lipinski definition) is 5. The first-order valence-electron chi connectivity index (χ1n) is 15.7. The van der Waals surface area contributed by atoms with Gasteiger partial charge in [-0.25, -0.2) is 4.98 Å². The lowest BCUT2D eigenvalue weighted by molar-refractivity contribution is -0.145. The van der Waals surface area contributed by atoms with E-state index in [1.54, 1.807) is 16.8 Å². The molecule has 4 atom stereocenters. The Morgan fingerprint density at radius 1 is 0.864 bits per heavy atom. The molecule has 1 N–H and O–H groups in total. The molecule has 1 saturated carbocycles. The second-order valence-corrected chi connectivity index (χ2v) is 12.9. The molecule has 9 nitrogen and oxygen atoms in total. The maximum atomic E-state index is 14.0. The summed E-state index contributed by atoms with van der Waals surface area (Å²) in [6.45, 7) is 2.10. The normalized spacial score (nSPS) is 24.8. The van der Waals surface area contributed by atoms with Crippen LogP contribution in [0, 0.1) is 11.8 Å². The summed E-state index contributed by atoms with van der Waals surface area (Å²) in [6, 6.07) is 22.1. The summed E-state index contributed by atoms with van der Waals surface area (Å²) in [5.74, 6) is 0.276. The third-order valence-electron chi connectivity index (χ3n) is 10.1. The number of likely N-dealkylation sites (tertiary alicyclic amines) is 2. The van der Waals surface area contributed by atoms with Gasteiger partial charge >= 0.3 is 0 Å². The van der Waals surface area contributed by atoms with Crippen LogP contribution in [0.5, 0.6) is 0 Å². The second kappa shape index (κ2) is 11.4. The minimum Gasteiger partial charge on any atom is -0.388 e. The maximum Gasteiger partial charge on any atom is 0.262 e. The van der Waals surface area contributed by atoms with Crippen molar-refractivity contribution in [2.24, 2.45) is 18.9 Å². The van der Waals surface area contributed by atoms with Crippen molar-refractivity contribution in [3.63, 3.8) is 0 Å². The van der Waals surface area contributed by atoms with Crippen LogP contribution in [0.4, 0.5) is 0 Å². The van der Waals surface area contributed by atoms with Crippen molar-refractivity contribution >= 4 is 22.8 Å². The quantitative estimate of drug-likeness (QED) is 0.369. The van der Waals surface area contributed by atoms with Gasteiger partial charge in [-0.1, -0.05) is 60.7 Å². The highest BCUT2D eigenvalue weighted by Crippen LogP contribution is 2.49. The fourth-order valence-corrected chi connectivity index (χ4v) is 7.40. The molecule has 2 saturated heterocycles. The lowest BCUT2D eigenvalue weighted by Gasteiger charge is -2.43. The summed E-state index contributed by atoms with van der Waals surface area (Å²) in [4.78, 5) is 48.9. The maximum absolute atomic E-state index is 14.0. The number of amides is 2. The van der Waals surface area contributed by atoms with Gasteiger partial charge in [0.25, 0.3) is 5.56 Å². The number of aryl methyl sites for hydroxylation is 1. The molecule has 228 valence electrons. The number of hydrogen-bond donors (Lipinski definition) is 1. The molecule has 3 aliphatic rings. The number of rotatable bonds is 6. The van der Waals surface area contributed by atoms with Crippen molar-refractivity contribution in [2.75, 3.05) is 26.2 Å². The summed E-state index contributed by atoms with van der Waals surface area (Å²) < 4.78 is 3.29. The molecule has 7 rings (SSSR count). The highest BCUT2D eigenvalue weighted by molar-refractivity contribution is 5.84. The molecule has 0 bridgehead atoms. The Morgan fingerprint density at radius 3 is 2.18 bits per heavy atom. The highest BCUT2D eigenvalue weighted by Gasteiger charge is 2.48. The van der Waals surface area contributed by atoms with Gasteiger partial charge in [-0.2, -0.15) is 0 Å². The van der Waals surface area contributed by atoms with Crippen LogP contribution in [0.3, 0.4) is 0 Å². The summed E-state index contributed by atoms with van der Waals surface area (Å²) in [5.41, 5.74) is 1.65. The smallest absolute Gasteiger partial charge is 0.262 e. The van der Waals surface area contributed by atoms with Crippen LogP contribution in [0.1, 0.15) is 48.6 Å². The first kappa shape index (κ1) is 28.5. The summed E-state index contributed by atoms with van der Waals surface area (Å²) in [7, 11) is 1.85. The molecule has 4 heterocycles. The molecule has 1 aliphatic carbocycles. The molecule has 0 unspecified atom stereocenters. The fourth-order valence-electron chi connectivity index (χ4n) is 7.40. The molecule has 3 fully saturated rings. The van der Waals surface area contributed by atoms with Crippen LogP contribution in [0.25, 0.3) is 11.0 Å². The lowest BCUT2D eigenvalue weighted by Crippen LogP contribution is -2.53. The van der Waals surface area contributed by atoms with Crippen molar-refractivity contribution in [3.05, 3.63) is 101 Å². The fraction of sp³-hybridized carbons (Fsp3) is 0.429. The van der Waals surface area contributed by atoms with E-state index in [1.807, 2.05) is 53.2 Å². The van der Waals surface area contributed by atoms with Gasteiger partial charge in [0.05, 0.1) is 17.5 Å². The number of carbonyl (C=O) groups excluding carboxylic acids is 2. The third-order valence-corrected chi connectivity index (χ3v) is 10.1. The molecule has 4 aromatic rings. The Labute approximate surface area is 256 Å². The van der Waals surface area contributed by atoms with Crippen LogP contribution in [0.2, 0.25) is 0 Å². The Morgan fingerprint density at radius 2 is 1.50 bits per heavy atom. The van der Waals surface area contributed by atoms with E-state index in [-0.39, 0.29) is 47.6 Å². The molecule has 2 aliphatic heterocycles. The van der Waals surface area contributed by atoms with E-state index in [4.69, 9.17) is 0 Å². The number of fused-ring (bicyclic) bond motifs is 1. The average molecular weight is 594 g/mol. The Balaban J connectivity index is 1.02. The van der Waals surface area contributed by atoms with Gasteiger partial charge < -0.3 is 19.5 Å². The number of carbonyl (C=O) groups is 2. The first-order valence-corrected chi connectivity index (χ1v) is 15.7. The van der Waals surface area contributed by atoms with E-state index in [1.165, 1.54) is 16.5 Å². The minimum atomic E-state index is -1.10. The van der Waals surface area contributed by atoms with E-state index >= 15 is 0 Å². The van der Waals surface area contributed by atoms with Gasteiger partial charge in [0.2, 0.25) is 11.8 Å². The largest absolute Gasteiger partial charge is 0.388 e. The topological polar surface area (TPSA) is 101 Å². The van der Waals surface area contributed by atoms with Crippen LogP contribution in [-0.4, -0.2) is 72.6 Å². The molecule has 2 aromatic carbocycles. The van der Waals surface area contributed by atoms with Crippen LogP contribution in [-0.2, 0) is 23.2 Å². The van der Waals surface area contributed by atoms with Gasteiger partial charge in [0, 0.05) is 57.2 Å². The van der Waals surface area contributed by atoms with E-state index < -0.39 is 5.60 Å². The molecule has 0 radical (unpaired) electrons.